The van der Waals surface area contributed by atoms with Gasteiger partial charge in [-0.1, -0.05) is 52.2 Å². The van der Waals surface area contributed by atoms with Crippen LogP contribution in [-0.4, -0.2) is 61.3 Å². The lowest BCUT2D eigenvalue weighted by atomic mass is 9.46. The number of hydrogen-bond acceptors (Lipinski definition) is 0. The minimum Gasteiger partial charge on any atom is -1.00 e. The van der Waals surface area contributed by atoms with E-state index < -0.39 is 0 Å². The van der Waals surface area contributed by atoms with E-state index in [-0.39, 0.29) is 48.0 Å². The van der Waals surface area contributed by atoms with E-state index in [0.29, 0.717) is 10.8 Å². The van der Waals surface area contributed by atoms with Gasteiger partial charge < -0.3 is 56.9 Å². The molecule has 0 amide bonds. The number of piperidine rings is 1. The lowest BCUT2D eigenvalue weighted by Crippen LogP contribution is -3.00. The van der Waals surface area contributed by atoms with Crippen LogP contribution in [-0.2, 0) is 0 Å². The van der Waals surface area contributed by atoms with Crippen molar-refractivity contribution in [3.05, 3.63) is 11.6 Å². The van der Waals surface area contributed by atoms with Crippen LogP contribution >= 0.6 is 0 Å². The summed E-state index contributed by atoms with van der Waals surface area (Å²) >= 11 is 0. The third-order valence-electron chi connectivity index (χ3n) is 12.6. The maximum Gasteiger partial charge on any atom is 0.0928 e. The molecule has 2 aliphatic heterocycles. The molecular formula is C32H58I2N2. The molecule has 1 unspecified atom stereocenters. The highest BCUT2D eigenvalue weighted by molar-refractivity contribution is 5.25. The van der Waals surface area contributed by atoms with E-state index in [1.54, 1.807) is 0 Å². The summed E-state index contributed by atoms with van der Waals surface area (Å²) in [7, 11) is 2.58. The third-order valence-corrected chi connectivity index (χ3v) is 12.6. The number of unbranched alkanes of at least 4 members (excludes halogenated alkanes) is 2. The Labute approximate surface area is 259 Å². The highest BCUT2D eigenvalue weighted by atomic mass is 127. The zero-order chi connectivity index (χ0) is 24.0. The molecule has 2 saturated heterocycles. The van der Waals surface area contributed by atoms with Crippen LogP contribution in [0.25, 0.3) is 0 Å². The van der Waals surface area contributed by atoms with E-state index in [1.807, 2.05) is 5.57 Å². The Kier molecular flexibility index (Phi) is 10.8. The summed E-state index contributed by atoms with van der Waals surface area (Å²) in [6.07, 6.45) is 21.7. The van der Waals surface area contributed by atoms with E-state index in [2.05, 4.69) is 40.8 Å². The molecule has 210 valence electrons. The van der Waals surface area contributed by atoms with Gasteiger partial charge in [-0.2, -0.15) is 0 Å². The molecule has 0 radical (unpaired) electrons. The molecule has 2 nitrogen and oxygen atoms in total. The highest BCUT2D eigenvalue weighted by Gasteiger charge is 2.59. The van der Waals surface area contributed by atoms with Gasteiger partial charge in [-0.25, -0.2) is 0 Å². The number of allylic oxidation sites excluding steroid dienone is 1. The predicted octanol–water partition coefficient (Wildman–Crippen LogP) is 1.59. The molecular weight excluding hydrogens is 666 g/mol. The first kappa shape index (κ1) is 31.6. The third kappa shape index (κ3) is 5.64. The van der Waals surface area contributed by atoms with Gasteiger partial charge in [0.05, 0.1) is 52.4 Å². The van der Waals surface area contributed by atoms with Gasteiger partial charge in [0.1, 0.15) is 0 Å². The van der Waals surface area contributed by atoms with E-state index in [9.17, 15) is 0 Å². The van der Waals surface area contributed by atoms with E-state index >= 15 is 0 Å². The van der Waals surface area contributed by atoms with Crippen molar-refractivity contribution in [3.8, 4) is 0 Å². The molecule has 2 heterocycles. The summed E-state index contributed by atoms with van der Waals surface area (Å²) in [6.45, 7) is 18.9. The Morgan fingerprint density at radius 1 is 0.861 bits per heavy atom. The Hall–Kier alpha value is 1.12. The minimum absolute atomic E-state index is 0. The Morgan fingerprint density at radius 2 is 1.56 bits per heavy atom. The van der Waals surface area contributed by atoms with Gasteiger partial charge in [0.15, 0.2) is 0 Å². The van der Waals surface area contributed by atoms with Crippen molar-refractivity contribution in [1.82, 2.24) is 0 Å². The molecule has 4 heteroatoms. The van der Waals surface area contributed by atoms with Crippen LogP contribution in [0, 0.1) is 28.6 Å². The largest absolute Gasteiger partial charge is 1.00 e. The van der Waals surface area contributed by atoms with Gasteiger partial charge in [0, 0.05) is 37.5 Å². The summed E-state index contributed by atoms with van der Waals surface area (Å²) in [5.41, 5.74) is 3.03. The molecule has 0 spiro atoms. The van der Waals surface area contributed by atoms with Gasteiger partial charge in [0.25, 0.3) is 0 Å². The van der Waals surface area contributed by atoms with Crippen LogP contribution in [0.15, 0.2) is 11.6 Å². The summed E-state index contributed by atoms with van der Waals surface area (Å²) in [4.78, 5) is 0. The summed E-state index contributed by atoms with van der Waals surface area (Å²) < 4.78 is 2.85. The zero-order valence-corrected chi connectivity index (χ0v) is 28.8. The maximum absolute atomic E-state index is 2.84. The minimum atomic E-state index is 0. The monoisotopic (exact) mass is 724 g/mol. The van der Waals surface area contributed by atoms with Crippen molar-refractivity contribution in [2.45, 2.75) is 117 Å². The lowest BCUT2D eigenvalue weighted by molar-refractivity contribution is -0.941. The fraction of sp³-hybridized carbons (Fsp3) is 0.938. The van der Waals surface area contributed by atoms with Crippen molar-refractivity contribution >= 4 is 0 Å². The molecule has 5 aliphatic rings. The first-order valence-electron chi connectivity index (χ1n) is 15.7. The second-order valence-corrected chi connectivity index (χ2v) is 14.7. The lowest BCUT2D eigenvalue weighted by Gasteiger charge is -2.62. The molecule has 5 rings (SSSR count). The zero-order valence-electron chi connectivity index (χ0n) is 24.5. The molecule has 7 atom stereocenters. The van der Waals surface area contributed by atoms with Crippen LogP contribution < -0.4 is 48.0 Å². The first-order chi connectivity index (χ1) is 16.3. The van der Waals surface area contributed by atoms with Gasteiger partial charge >= 0.3 is 0 Å². The van der Waals surface area contributed by atoms with Crippen LogP contribution in [0.4, 0.5) is 0 Å². The summed E-state index contributed by atoms with van der Waals surface area (Å²) in [5.74, 6) is 2.92. The predicted molar refractivity (Wildman–Crippen MR) is 146 cm³/mol. The number of nitrogens with zero attached hydrogens (tertiary/aromatic N) is 2. The molecule has 0 aromatic carbocycles. The van der Waals surface area contributed by atoms with E-state index in [4.69, 9.17) is 0 Å². The normalized spacial score (nSPS) is 43.2. The number of halogens is 2. The average molecular weight is 725 g/mol. The van der Waals surface area contributed by atoms with E-state index in [0.717, 1.165) is 23.8 Å². The first-order valence-corrected chi connectivity index (χ1v) is 15.7. The molecule has 0 aromatic rings. The average Bonchev–Trinajstić information content (AvgIpc) is 3.30. The number of likely N-dealkylation sites (tertiary alicyclic amines) is 2. The molecule has 2 saturated carbocycles. The number of rotatable bonds is 7. The molecule has 0 bridgehead atoms. The second-order valence-electron chi connectivity index (χ2n) is 14.7. The van der Waals surface area contributed by atoms with Crippen molar-refractivity contribution in [2.75, 3.05) is 46.3 Å². The van der Waals surface area contributed by atoms with Crippen molar-refractivity contribution in [2.24, 2.45) is 28.6 Å². The fourth-order valence-electron chi connectivity index (χ4n) is 10.6. The quantitative estimate of drug-likeness (QED) is 0.213. The van der Waals surface area contributed by atoms with Gasteiger partial charge in [-0.05, 0) is 61.7 Å². The van der Waals surface area contributed by atoms with Crippen LogP contribution in [0.2, 0.25) is 0 Å². The van der Waals surface area contributed by atoms with Crippen LogP contribution in [0.5, 0.6) is 0 Å². The Morgan fingerprint density at radius 3 is 2.25 bits per heavy atom. The summed E-state index contributed by atoms with van der Waals surface area (Å²) in [6, 6.07) is 0.935. The van der Waals surface area contributed by atoms with Gasteiger partial charge in [0.2, 0.25) is 0 Å². The van der Waals surface area contributed by atoms with Crippen molar-refractivity contribution < 1.29 is 56.9 Å². The number of hydrogen-bond donors (Lipinski definition) is 0. The smallest absolute Gasteiger partial charge is 0.0928 e. The topological polar surface area (TPSA) is 0 Å². The molecule has 0 aromatic heterocycles. The van der Waals surface area contributed by atoms with E-state index in [1.165, 1.54) is 132 Å². The fourth-order valence-corrected chi connectivity index (χ4v) is 10.6. The van der Waals surface area contributed by atoms with Gasteiger partial charge in [-0.3, -0.25) is 0 Å². The standard InChI is InChI=1S/C32H58N2.2HI/c1-6-8-19-33(5)23-16-29-28-13-12-26-24-27(34(20-9-7-2)21-10-11-22-34)14-18-32(26,4)30(28)15-17-31(29,3)25-33;;/h12,27-30H,6-11,13-25H2,1-5H3;2*1H/q+2;;/p-2/t27-,28-,29-,30-,31+,32-,33?;;/m0../s1. The number of fused-ring (bicyclic) bond motifs is 5. The highest BCUT2D eigenvalue weighted by Crippen LogP contribution is 2.63. The SMILES string of the molecule is CCCC[N+]1(C)CC[C@H]2[C@@H]3CC=C4C[C@@H]([N+]5(CCCC)CCCC5)CC[C@]4(C)[C@H]3CC[C@]2(C)C1.[I-].[I-]. The Bertz CT molecular complexity index is 761. The molecule has 3 aliphatic carbocycles. The van der Waals surface area contributed by atoms with Gasteiger partial charge in [-0.15, -0.1) is 0 Å². The molecule has 0 N–H and O–H groups in total. The molecule has 4 fully saturated rings. The number of quaternary nitrogens is 2. The summed E-state index contributed by atoms with van der Waals surface area (Å²) in [5, 5.41) is 0. The van der Waals surface area contributed by atoms with Crippen molar-refractivity contribution in [3.63, 3.8) is 0 Å². The van der Waals surface area contributed by atoms with Crippen molar-refractivity contribution in [1.29, 1.82) is 0 Å². The second kappa shape index (κ2) is 12.3. The van der Waals surface area contributed by atoms with Crippen LogP contribution in [0.3, 0.4) is 0 Å². The Balaban J connectivity index is 0.00000180. The molecule has 36 heavy (non-hydrogen) atoms. The van der Waals surface area contributed by atoms with Crippen LogP contribution in [0.1, 0.15) is 111 Å². The maximum atomic E-state index is 2.84.